The number of thiophene rings is 1. The maximum Gasteiger partial charge on any atom is 0.251 e. The average molecular weight is 350 g/mol. The quantitative estimate of drug-likeness (QED) is 0.840. The highest BCUT2D eigenvalue weighted by atomic mass is 32.1. The van der Waals surface area contributed by atoms with Crippen molar-refractivity contribution in [3.63, 3.8) is 0 Å². The van der Waals surface area contributed by atoms with Gasteiger partial charge in [-0.15, -0.1) is 11.3 Å². The molecule has 0 unspecified atom stereocenters. The van der Waals surface area contributed by atoms with Crippen LogP contribution in [0.15, 0.2) is 12.1 Å². The van der Waals surface area contributed by atoms with E-state index in [1.807, 2.05) is 11.3 Å². The molecule has 0 aliphatic carbocycles. The van der Waals surface area contributed by atoms with E-state index in [9.17, 15) is 4.79 Å². The van der Waals surface area contributed by atoms with E-state index in [1.165, 1.54) is 9.75 Å². The monoisotopic (exact) mass is 350 g/mol. The fraction of sp³-hybridized carbons (Fsp3) is 0.722. The third kappa shape index (κ3) is 3.52. The third-order valence-corrected chi connectivity index (χ3v) is 6.36. The van der Waals surface area contributed by atoms with Crippen molar-refractivity contribution in [1.82, 2.24) is 9.96 Å². The van der Waals surface area contributed by atoms with Crippen LogP contribution in [0.3, 0.4) is 0 Å². The smallest absolute Gasteiger partial charge is 0.251 e. The summed E-state index contributed by atoms with van der Waals surface area (Å²) in [6, 6.07) is 4.43. The standard InChI is InChI=1S/C18H26N2O3S/c1-13-3-4-16(24-13)11-19-7-5-17-14(10-19)9-15(12-22-17)18(21)20-6-2-8-23-20/h3-4,14-15,17H,2,5-12H2,1H3/t14-,15-,17+/m0/s1. The largest absolute Gasteiger partial charge is 0.377 e. The first kappa shape index (κ1) is 16.5. The normalized spacial score (nSPS) is 31.2. The zero-order chi connectivity index (χ0) is 16.5. The van der Waals surface area contributed by atoms with Gasteiger partial charge >= 0.3 is 0 Å². The zero-order valence-corrected chi connectivity index (χ0v) is 15.1. The lowest BCUT2D eigenvalue weighted by Crippen LogP contribution is -2.50. The van der Waals surface area contributed by atoms with Crippen LogP contribution in [0.25, 0.3) is 0 Å². The molecular weight excluding hydrogens is 324 g/mol. The molecule has 24 heavy (non-hydrogen) atoms. The molecule has 4 heterocycles. The van der Waals surface area contributed by atoms with E-state index >= 15 is 0 Å². The predicted molar refractivity (Wildman–Crippen MR) is 92.6 cm³/mol. The Morgan fingerprint density at radius 1 is 1.38 bits per heavy atom. The number of ether oxygens (including phenoxy) is 1. The molecule has 0 saturated carbocycles. The molecule has 0 spiro atoms. The second-order valence-corrected chi connectivity index (χ2v) is 8.60. The molecule has 6 heteroatoms. The topological polar surface area (TPSA) is 42.0 Å². The number of nitrogens with zero attached hydrogens (tertiary/aromatic N) is 2. The van der Waals surface area contributed by atoms with Crippen LogP contribution in [-0.2, 0) is 20.9 Å². The van der Waals surface area contributed by atoms with Crippen LogP contribution in [0.5, 0.6) is 0 Å². The first-order chi connectivity index (χ1) is 11.7. The maximum atomic E-state index is 12.6. The van der Waals surface area contributed by atoms with Gasteiger partial charge in [-0.25, -0.2) is 5.06 Å². The Kier molecular flexibility index (Phi) is 4.90. The third-order valence-electron chi connectivity index (χ3n) is 5.37. The van der Waals surface area contributed by atoms with Gasteiger partial charge in [-0.1, -0.05) is 0 Å². The molecule has 1 aromatic rings. The van der Waals surface area contributed by atoms with Crippen LogP contribution in [0.2, 0.25) is 0 Å². The second-order valence-electron chi connectivity index (χ2n) is 7.23. The Bertz CT molecular complexity index is 585. The molecule has 3 saturated heterocycles. The molecule has 1 amide bonds. The lowest BCUT2D eigenvalue weighted by atomic mass is 9.83. The Morgan fingerprint density at radius 2 is 2.29 bits per heavy atom. The fourth-order valence-electron chi connectivity index (χ4n) is 4.14. The maximum absolute atomic E-state index is 12.6. The van der Waals surface area contributed by atoms with E-state index in [0.717, 1.165) is 45.4 Å². The first-order valence-electron chi connectivity index (χ1n) is 9.02. The van der Waals surface area contributed by atoms with E-state index in [-0.39, 0.29) is 11.8 Å². The van der Waals surface area contributed by atoms with Gasteiger partial charge in [0, 0.05) is 29.4 Å². The van der Waals surface area contributed by atoms with E-state index in [1.54, 1.807) is 5.06 Å². The lowest BCUT2D eigenvalue weighted by molar-refractivity contribution is -0.183. The molecule has 3 atom stereocenters. The summed E-state index contributed by atoms with van der Waals surface area (Å²) in [6.07, 6.45) is 3.29. The number of aryl methyl sites for hydroxylation is 1. The summed E-state index contributed by atoms with van der Waals surface area (Å²) >= 11 is 1.88. The summed E-state index contributed by atoms with van der Waals surface area (Å²) in [5, 5.41) is 1.56. The van der Waals surface area contributed by atoms with Crippen molar-refractivity contribution < 1.29 is 14.4 Å². The molecule has 0 bridgehead atoms. The van der Waals surface area contributed by atoms with Crippen LogP contribution in [0.4, 0.5) is 0 Å². The number of rotatable bonds is 3. The average Bonchev–Trinajstić information content (AvgIpc) is 3.25. The molecule has 132 valence electrons. The Hall–Kier alpha value is -0.950. The molecule has 3 aliphatic rings. The van der Waals surface area contributed by atoms with Crippen molar-refractivity contribution in [2.24, 2.45) is 11.8 Å². The minimum absolute atomic E-state index is 0.0340. The number of carbonyl (C=O) groups excluding carboxylic acids is 1. The molecule has 0 N–H and O–H groups in total. The number of fused-ring (bicyclic) bond motifs is 1. The van der Waals surface area contributed by atoms with Gasteiger partial charge in [0.2, 0.25) is 0 Å². The number of carbonyl (C=O) groups is 1. The molecule has 3 aliphatic heterocycles. The highest BCUT2D eigenvalue weighted by molar-refractivity contribution is 7.11. The summed E-state index contributed by atoms with van der Waals surface area (Å²) in [5.74, 6) is 0.551. The van der Waals surface area contributed by atoms with E-state index < -0.39 is 0 Å². The fourth-order valence-corrected chi connectivity index (χ4v) is 5.07. The molecule has 1 aromatic heterocycles. The van der Waals surface area contributed by atoms with Gasteiger partial charge in [0.05, 0.1) is 31.8 Å². The zero-order valence-electron chi connectivity index (χ0n) is 14.3. The molecule has 0 aromatic carbocycles. The van der Waals surface area contributed by atoms with E-state index in [0.29, 0.717) is 25.2 Å². The highest BCUT2D eigenvalue weighted by Crippen LogP contribution is 2.33. The van der Waals surface area contributed by atoms with Gasteiger partial charge in [0.25, 0.3) is 5.91 Å². The van der Waals surface area contributed by atoms with Crippen molar-refractivity contribution in [3.05, 3.63) is 21.9 Å². The predicted octanol–water partition coefficient (Wildman–Crippen LogP) is 2.45. The molecule has 3 fully saturated rings. The van der Waals surface area contributed by atoms with Crippen LogP contribution >= 0.6 is 11.3 Å². The summed E-state index contributed by atoms with van der Waals surface area (Å²) in [6.45, 7) is 7.26. The second kappa shape index (κ2) is 7.12. The molecular formula is C18H26N2O3S. The van der Waals surface area contributed by atoms with Gasteiger partial charge in [-0.3, -0.25) is 14.5 Å². The minimum atomic E-state index is -0.0340. The number of amides is 1. The van der Waals surface area contributed by atoms with Crippen molar-refractivity contribution in [2.45, 2.75) is 38.8 Å². The van der Waals surface area contributed by atoms with Gasteiger partial charge in [0.1, 0.15) is 0 Å². The van der Waals surface area contributed by atoms with Crippen molar-refractivity contribution >= 4 is 17.2 Å². The van der Waals surface area contributed by atoms with Crippen LogP contribution < -0.4 is 0 Å². The molecule has 4 rings (SSSR count). The van der Waals surface area contributed by atoms with Crippen LogP contribution in [0.1, 0.15) is 29.0 Å². The molecule has 5 nitrogen and oxygen atoms in total. The van der Waals surface area contributed by atoms with Gasteiger partial charge < -0.3 is 4.74 Å². The highest BCUT2D eigenvalue weighted by Gasteiger charge is 2.40. The summed E-state index contributed by atoms with van der Waals surface area (Å²) < 4.78 is 6.05. The number of piperidine rings is 1. The number of hydroxylamine groups is 2. The summed E-state index contributed by atoms with van der Waals surface area (Å²) in [7, 11) is 0. The van der Waals surface area contributed by atoms with Gasteiger partial charge in [-0.2, -0.15) is 0 Å². The summed E-state index contributed by atoms with van der Waals surface area (Å²) in [5.41, 5.74) is 0. The van der Waals surface area contributed by atoms with Gasteiger partial charge in [-0.05, 0) is 44.2 Å². The SMILES string of the molecule is Cc1ccc(CN2CC[C@H]3OC[C@@H](C(=O)N4CCCO4)C[C@H]3C2)s1. The van der Waals surface area contributed by atoms with E-state index in [2.05, 4.69) is 24.0 Å². The Morgan fingerprint density at radius 3 is 3.04 bits per heavy atom. The number of hydrogen-bond donors (Lipinski definition) is 0. The Balaban J connectivity index is 1.35. The van der Waals surface area contributed by atoms with Crippen molar-refractivity contribution in [1.29, 1.82) is 0 Å². The van der Waals surface area contributed by atoms with Crippen molar-refractivity contribution in [2.75, 3.05) is 32.8 Å². The van der Waals surface area contributed by atoms with Crippen LogP contribution in [0, 0.1) is 18.8 Å². The first-order valence-corrected chi connectivity index (χ1v) is 9.84. The van der Waals surface area contributed by atoms with Gasteiger partial charge in [0.15, 0.2) is 0 Å². The Labute approximate surface area is 147 Å². The minimum Gasteiger partial charge on any atom is -0.377 e. The number of hydrogen-bond acceptors (Lipinski definition) is 5. The van der Waals surface area contributed by atoms with Crippen molar-refractivity contribution in [3.8, 4) is 0 Å². The molecule has 0 radical (unpaired) electrons. The lowest BCUT2D eigenvalue weighted by Gasteiger charge is -2.43. The number of likely N-dealkylation sites (tertiary alicyclic amines) is 1. The summed E-state index contributed by atoms with van der Waals surface area (Å²) in [4.78, 5) is 23.3. The van der Waals surface area contributed by atoms with Crippen LogP contribution in [-0.4, -0.2) is 54.8 Å². The van der Waals surface area contributed by atoms with E-state index in [4.69, 9.17) is 9.57 Å².